The van der Waals surface area contributed by atoms with Crippen molar-refractivity contribution in [3.8, 4) is 0 Å². The molecular weight excluding hydrogens is 156 g/mol. The molecule has 0 bridgehead atoms. The van der Waals surface area contributed by atoms with Crippen LogP contribution in [0.15, 0.2) is 48.1 Å². The molecule has 0 spiro atoms. The van der Waals surface area contributed by atoms with Gasteiger partial charge in [-0.25, -0.2) is 0 Å². The molecule has 1 aliphatic rings. The molecule has 0 N–H and O–H groups in total. The van der Waals surface area contributed by atoms with Crippen LogP contribution in [0, 0.1) is 5.92 Å². The zero-order valence-corrected chi connectivity index (χ0v) is 8.53. The van der Waals surface area contributed by atoms with Gasteiger partial charge in [-0.05, 0) is 32.6 Å². The van der Waals surface area contributed by atoms with Crippen LogP contribution in [0.5, 0.6) is 0 Å². The molecule has 0 amide bonds. The lowest BCUT2D eigenvalue weighted by Gasteiger charge is -2.12. The maximum atomic E-state index is 2.30. The molecule has 0 aromatic heterocycles. The molecule has 0 aromatic rings. The van der Waals surface area contributed by atoms with Crippen molar-refractivity contribution in [2.45, 2.75) is 26.7 Å². The third-order valence-electron chi connectivity index (χ3n) is 2.23. The molecule has 0 saturated carbocycles. The Hall–Kier alpha value is -1.04. The SMILES string of the molecule is C/C=C\C=C(\C)CC1C=CC=CC1. The minimum absolute atomic E-state index is 0.714. The number of rotatable bonds is 3. The Labute approximate surface area is 81.4 Å². The summed E-state index contributed by atoms with van der Waals surface area (Å²) in [5, 5.41) is 0. The lowest BCUT2D eigenvalue weighted by molar-refractivity contribution is 0.648. The lowest BCUT2D eigenvalue weighted by atomic mass is 9.93. The summed E-state index contributed by atoms with van der Waals surface area (Å²) in [5.41, 5.74) is 1.46. The molecule has 0 saturated heterocycles. The molecular formula is C13H18. The van der Waals surface area contributed by atoms with E-state index < -0.39 is 0 Å². The maximum absolute atomic E-state index is 2.30. The predicted molar refractivity (Wildman–Crippen MR) is 59.6 cm³/mol. The van der Waals surface area contributed by atoms with Crippen LogP contribution in [-0.2, 0) is 0 Å². The van der Waals surface area contributed by atoms with Crippen LogP contribution < -0.4 is 0 Å². The van der Waals surface area contributed by atoms with E-state index >= 15 is 0 Å². The quantitative estimate of drug-likeness (QED) is 0.567. The molecule has 1 atom stereocenters. The Morgan fingerprint density at radius 3 is 2.92 bits per heavy atom. The Kier molecular flexibility index (Phi) is 4.31. The van der Waals surface area contributed by atoms with E-state index in [1.54, 1.807) is 0 Å². The average molecular weight is 174 g/mol. The van der Waals surface area contributed by atoms with Gasteiger partial charge < -0.3 is 0 Å². The van der Waals surface area contributed by atoms with Gasteiger partial charge in [-0.15, -0.1) is 0 Å². The molecule has 70 valence electrons. The van der Waals surface area contributed by atoms with Gasteiger partial charge in [0.1, 0.15) is 0 Å². The van der Waals surface area contributed by atoms with E-state index in [1.807, 2.05) is 6.92 Å². The van der Waals surface area contributed by atoms with Gasteiger partial charge in [-0.1, -0.05) is 48.1 Å². The van der Waals surface area contributed by atoms with Crippen LogP contribution in [-0.4, -0.2) is 0 Å². The second kappa shape index (κ2) is 5.58. The molecule has 0 radical (unpaired) electrons. The van der Waals surface area contributed by atoms with E-state index in [9.17, 15) is 0 Å². The molecule has 0 aromatic carbocycles. The standard InChI is InChI=1S/C13H18/c1-3-4-8-12(2)11-13-9-6-5-7-10-13/h3-9,13H,10-11H2,1-2H3/b4-3-,12-8-. The van der Waals surface area contributed by atoms with Gasteiger partial charge in [-0.2, -0.15) is 0 Å². The molecule has 0 fully saturated rings. The summed E-state index contributed by atoms with van der Waals surface area (Å²) in [6.07, 6.45) is 17.6. The molecule has 1 aliphatic carbocycles. The predicted octanol–water partition coefficient (Wildman–Crippen LogP) is 4.03. The summed E-state index contributed by atoms with van der Waals surface area (Å²) in [6.45, 7) is 4.25. The molecule has 0 heterocycles. The fourth-order valence-electron chi connectivity index (χ4n) is 1.53. The maximum Gasteiger partial charge on any atom is -0.0158 e. The first-order valence-electron chi connectivity index (χ1n) is 4.94. The highest BCUT2D eigenvalue weighted by Gasteiger charge is 2.04. The monoisotopic (exact) mass is 174 g/mol. The Bertz CT molecular complexity index is 251. The first-order chi connectivity index (χ1) is 6.33. The number of hydrogen-bond donors (Lipinski definition) is 0. The lowest BCUT2D eigenvalue weighted by Crippen LogP contribution is -1.97. The topological polar surface area (TPSA) is 0 Å². The third-order valence-corrected chi connectivity index (χ3v) is 2.23. The highest BCUT2D eigenvalue weighted by molar-refractivity contribution is 5.16. The number of allylic oxidation sites excluding steroid dienone is 8. The molecule has 1 rings (SSSR count). The zero-order chi connectivity index (χ0) is 9.52. The molecule has 13 heavy (non-hydrogen) atoms. The largest absolute Gasteiger partial charge is 0.0877 e. The second-order valence-electron chi connectivity index (χ2n) is 3.55. The average Bonchev–Trinajstić information content (AvgIpc) is 2.16. The fourth-order valence-corrected chi connectivity index (χ4v) is 1.53. The van der Waals surface area contributed by atoms with E-state index in [4.69, 9.17) is 0 Å². The van der Waals surface area contributed by atoms with Gasteiger partial charge in [0, 0.05) is 0 Å². The Morgan fingerprint density at radius 2 is 2.31 bits per heavy atom. The normalized spacial score (nSPS) is 22.9. The number of hydrogen-bond acceptors (Lipinski definition) is 0. The summed E-state index contributed by atoms with van der Waals surface area (Å²) < 4.78 is 0. The van der Waals surface area contributed by atoms with Crippen molar-refractivity contribution in [2.75, 3.05) is 0 Å². The van der Waals surface area contributed by atoms with Crippen LogP contribution in [0.25, 0.3) is 0 Å². The summed E-state index contributed by atoms with van der Waals surface area (Å²) in [5.74, 6) is 0.714. The van der Waals surface area contributed by atoms with Gasteiger partial charge in [0.15, 0.2) is 0 Å². The van der Waals surface area contributed by atoms with Crippen molar-refractivity contribution in [2.24, 2.45) is 5.92 Å². The van der Waals surface area contributed by atoms with Gasteiger partial charge in [0.05, 0.1) is 0 Å². The van der Waals surface area contributed by atoms with Crippen LogP contribution in [0.1, 0.15) is 26.7 Å². The molecule has 0 nitrogen and oxygen atoms in total. The second-order valence-corrected chi connectivity index (χ2v) is 3.55. The summed E-state index contributed by atoms with van der Waals surface area (Å²) in [6, 6.07) is 0. The van der Waals surface area contributed by atoms with Crippen molar-refractivity contribution in [1.29, 1.82) is 0 Å². The van der Waals surface area contributed by atoms with Crippen molar-refractivity contribution >= 4 is 0 Å². The van der Waals surface area contributed by atoms with Gasteiger partial charge in [-0.3, -0.25) is 0 Å². The van der Waals surface area contributed by atoms with Gasteiger partial charge in [0.25, 0.3) is 0 Å². The first-order valence-corrected chi connectivity index (χ1v) is 4.94. The highest BCUT2D eigenvalue weighted by atomic mass is 14.1. The van der Waals surface area contributed by atoms with Crippen molar-refractivity contribution in [3.63, 3.8) is 0 Å². The van der Waals surface area contributed by atoms with Crippen LogP contribution in [0.4, 0.5) is 0 Å². The van der Waals surface area contributed by atoms with Crippen LogP contribution in [0.2, 0.25) is 0 Å². The van der Waals surface area contributed by atoms with Crippen molar-refractivity contribution in [3.05, 3.63) is 48.1 Å². The van der Waals surface area contributed by atoms with E-state index in [-0.39, 0.29) is 0 Å². The Morgan fingerprint density at radius 1 is 1.46 bits per heavy atom. The van der Waals surface area contributed by atoms with Crippen molar-refractivity contribution in [1.82, 2.24) is 0 Å². The highest BCUT2D eigenvalue weighted by Crippen LogP contribution is 2.19. The van der Waals surface area contributed by atoms with Crippen molar-refractivity contribution < 1.29 is 0 Å². The van der Waals surface area contributed by atoms with E-state index in [1.165, 1.54) is 18.4 Å². The third kappa shape index (κ3) is 3.93. The van der Waals surface area contributed by atoms with E-state index in [2.05, 4.69) is 49.5 Å². The van der Waals surface area contributed by atoms with Crippen LogP contribution >= 0.6 is 0 Å². The molecule has 0 heteroatoms. The smallest absolute Gasteiger partial charge is 0.0158 e. The fraction of sp³-hybridized carbons (Fsp3) is 0.385. The van der Waals surface area contributed by atoms with Gasteiger partial charge >= 0.3 is 0 Å². The van der Waals surface area contributed by atoms with Crippen LogP contribution in [0.3, 0.4) is 0 Å². The minimum Gasteiger partial charge on any atom is -0.0877 e. The first kappa shape index (κ1) is 10.0. The van der Waals surface area contributed by atoms with Gasteiger partial charge in [0.2, 0.25) is 0 Å². The minimum atomic E-state index is 0.714. The van der Waals surface area contributed by atoms with E-state index in [0.717, 1.165) is 0 Å². The zero-order valence-electron chi connectivity index (χ0n) is 8.53. The molecule has 1 unspecified atom stereocenters. The summed E-state index contributed by atoms with van der Waals surface area (Å²) in [4.78, 5) is 0. The molecule has 0 aliphatic heterocycles. The van der Waals surface area contributed by atoms with E-state index in [0.29, 0.717) is 5.92 Å². The summed E-state index contributed by atoms with van der Waals surface area (Å²) >= 11 is 0. The Balaban J connectivity index is 2.40. The summed E-state index contributed by atoms with van der Waals surface area (Å²) in [7, 11) is 0.